The minimum absolute atomic E-state index is 0.235. The number of carbonyl (C=O) groups excluding carboxylic acids is 1. The number of aromatic nitrogens is 1. The second-order valence-corrected chi connectivity index (χ2v) is 4.83. The first kappa shape index (κ1) is 11.9. The van der Waals surface area contributed by atoms with Crippen molar-refractivity contribution in [1.82, 2.24) is 9.88 Å². The molecule has 92 valence electrons. The number of nitrogen functional groups attached to an aromatic ring is 1. The van der Waals surface area contributed by atoms with E-state index in [9.17, 15) is 4.79 Å². The third-order valence-corrected chi connectivity index (χ3v) is 3.29. The van der Waals surface area contributed by atoms with Crippen LogP contribution in [-0.2, 0) is 11.3 Å². The highest BCUT2D eigenvalue weighted by atomic mass is 16.2. The van der Waals surface area contributed by atoms with Crippen LogP contribution in [0.3, 0.4) is 0 Å². The fourth-order valence-electron chi connectivity index (χ4n) is 2.12. The van der Waals surface area contributed by atoms with E-state index in [2.05, 4.69) is 11.9 Å². The van der Waals surface area contributed by atoms with Crippen LogP contribution in [0, 0.1) is 5.92 Å². The van der Waals surface area contributed by atoms with Gasteiger partial charge < -0.3 is 10.6 Å². The molecule has 1 atom stereocenters. The topological polar surface area (TPSA) is 59.2 Å². The Balaban J connectivity index is 2.04. The summed E-state index contributed by atoms with van der Waals surface area (Å²) in [6.07, 6.45) is 4.42. The van der Waals surface area contributed by atoms with Gasteiger partial charge in [0.1, 0.15) is 0 Å². The molecular formula is C13H19N3O. The molecule has 1 aliphatic heterocycles. The van der Waals surface area contributed by atoms with Crippen molar-refractivity contribution >= 4 is 11.6 Å². The first-order chi connectivity index (χ1) is 8.15. The number of hydrogen-bond donors (Lipinski definition) is 1. The fourth-order valence-corrected chi connectivity index (χ4v) is 2.12. The van der Waals surface area contributed by atoms with Crippen LogP contribution in [0.4, 0.5) is 5.69 Å². The molecule has 17 heavy (non-hydrogen) atoms. The molecular weight excluding hydrogens is 214 g/mol. The predicted octanol–water partition coefficient (Wildman–Crippen LogP) is 1.81. The van der Waals surface area contributed by atoms with Gasteiger partial charge in [-0.05, 0) is 30.9 Å². The Morgan fingerprint density at radius 1 is 1.53 bits per heavy atom. The highest BCUT2D eigenvalue weighted by Gasteiger charge is 2.20. The molecule has 4 nitrogen and oxygen atoms in total. The van der Waals surface area contributed by atoms with Crippen LogP contribution in [0.15, 0.2) is 18.3 Å². The highest BCUT2D eigenvalue weighted by molar-refractivity contribution is 5.76. The van der Waals surface area contributed by atoms with E-state index < -0.39 is 0 Å². The average molecular weight is 233 g/mol. The Morgan fingerprint density at radius 3 is 3.12 bits per heavy atom. The maximum absolute atomic E-state index is 11.9. The number of hydrogen-bond acceptors (Lipinski definition) is 3. The van der Waals surface area contributed by atoms with Gasteiger partial charge in [0.15, 0.2) is 0 Å². The van der Waals surface area contributed by atoms with E-state index in [4.69, 9.17) is 5.73 Å². The van der Waals surface area contributed by atoms with E-state index in [-0.39, 0.29) is 5.91 Å². The Morgan fingerprint density at radius 2 is 2.35 bits per heavy atom. The predicted molar refractivity (Wildman–Crippen MR) is 67.1 cm³/mol. The smallest absolute Gasteiger partial charge is 0.222 e. The van der Waals surface area contributed by atoms with E-state index in [0.717, 1.165) is 25.1 Å². The first-order valence-electron chi connectivity index (χ1n) is 6.13. The SMILES string of the molecule is CC1CCC(=O)N(Cc2cc(N)ccn2)CC1. The number of anilines is 1. The van der Waals surface area contributed by atoms with Crippen molar-refractivity contribution in [2.24, 2.45) is 5.92 Å². The second kappa shape index (κ2) is 5.17. The van der Waals surface area contributed by atoms with Crippen LogP contribution < -0.4 is 5.73 Å². The Bertz CT molecular complexity index is 405. The van der Waals surface area contributed by atoms with Crippen LogP contribution in [0.2, 0.25) is 0 Å². The van der Waals surface area contributed by atoms with Crippen LogP contribution in [0.5, 0.6) is 0 Å². The van der Waals surface area contributed by atoms with Crippen LogP contribution in [0.1, 0.15) is 31.9 Å². The number of nitrogens with two attached hydrogens (primary N) is 1. The number of rotatable bonds is 2. The maximum atomic E-state index is 11.9. The molecule has 1 saturated heterocycles. The Kier molecular flexibility index (Phi) is 3.61. The van der Waals surface area contributed by atoms with Crippen molar-refractivity contribution in [1.29, 1.82) is 0 Å². The fraction of sp³-hybridized carbons (Fsp3) is 0.538. The summed E-state index contributed by atoms with van der Waals surface area (Å²) in [6.45, 7) is 3.61. The summed E-state index contributed by atoms with van der Waals surface area (Å²) in [5.74, 6) is 0.872. The molecule has 1 aliphatic rings. The van der Waals surface area contributed by atoms with Gasteiger partial charge in [0.05, 0.1) is 12.2 Å². The summed E-state index contributed by atoms with van der Waals surface area (Å²) in [4.78, 5) is 18.1. The summed E-state index contributed by atoms with van der Waals surface area (Å²) in [7, 11) is 0. The molecule has 1 unspecified atom stereocenters. The standard InChI is InChI=1S/C13H19N3O/c1-10-2-3-13(17)16(7-5-10)9-12-8-11(14)4-6-15-12/h4,6,8,10H,2-3,5,7,9H2,1H3,(H2,14,15). The molecule has 1 amide bonds. The van der Waals surface area contributed by atoms with Crippen molar-refractivity contribution in [2.45, 2.75) is 32.7 Å². The number of likely N-dealkylation sites (tertiary alicyclic amines) is 1. The zero-order valence-corrected chi connectivity index (χ0v) is 10.2. The third-order valence-electron chi connectivity index (χ3n) is 3.29. The number of pyridine rings is 1. The van der Waals surface area contributed by atoms with Crippen molar-refractivity contribution in [3.8, 4) is 0 Å². The van der Waals surface area contributed by atoms with Crippen molar-refractivity contribution in [3.05, 3.63) is 24.0 Å². The third kappa shape index (κ3) is 3.19. The first-order valence-corrected chi connectivity index (χ1v) is 6.13. The van der Waals surface area contributed by atoms with Crippen molar-refractivity contribution in [2.75, 3.05) is 12.3 Å². The van der Waals surface area contributed by atoms with E-state index in [1.807, 2.05) is 11.0 Å². The molecule has 2 heterocycles. The van der Waals surface area contributed by atoms with Gasteiger partial charge >= 0.3 is 0 Å². The average Bonchev–Trinajstić information content (AvgIpc) is 2.45. The summed E-state index contributed by atoms with van der Waals surface area (Å²) in [5, 5.41) is 0. The van der Waals surface area contributed by atoms with Crippen molar-refractivity contribution < 1.29 is 4.79 Å². The molecule has 0 aliphatic carbocycles. The quantitative estimate of drug-likeness (QED) is 0.847. The van der Waals surface area contributed by atoms with Gasteiger partial charge in [-0.3, -0.25) is 9.78 Å². The van der Waals surface area contributed by atoms with E-state index in [1.54, 1.807) is 12.3 Å². The molecule has 0 saturated carbocycles. The van der Waals surface area contributed by atoms with E-state index in [0.29, 0.717) is 24.6 Å². The minimum Gasteiger partial charge on any atom is -0.399 e. The summed E-state index contributed by atoms with van der Waals surface area (Å²) in [6, 6.07) is 3.59. The number of amides is 1. The lowest BCUT2D eigenvalue weighted by atomic mass is 10.0. The van der Waals surface area contributed by atoms with Gasteiger partial charge in [0, 0.05) is 24.8 Å². The molecule has 0 spiro atoms. The van der Waals surface area contributed by atoms with E-state index in [1.165, 1.54) is 0 Å². The van der Waals surface area contributed by atoms with E-state index >= 15 is 0 Å². The summed E-state index contributed by atoms with van der Waals surface area (Å²) >= 11 is 0. The number of carbonyl (C=O) groups is 1. The molecule has 1 fully saturated rings. The van der Waals surface area contributed by atoms with Gasteiger partial charge in [-0.15, -0.1) is 0 Å². The summed E-state index contributed by atoms with van der Waals surface area (Å²) < 4.78 is 0. The minimum atomic E-state index is 0.235. The lowest BCUT2D eigenvalue weighted by Gasteiger charge is -2.20. The van der Waals surface area contributed by atoms with Gasteiger partial charge in [0.25, 0.3) is 0 Å². The lowest BCUT2D eigenvalue weighted by molar-refractivity contribution is -0.131. The molecule has 0 bridgehead atoms. The molecule has 2 rings (SSSR count). The van der Waals surface area contributed by atoms with Gasteiger partial charge in [-0.1, -0.05) is 6.92 Å². The molecule has 1 aromatic heterocycles. The zero-order chi connectivity index (χ0) is 12.3. The number of nitrogens with zero attached hydrogens (tertiary/aromatic N) is 2. The van der Waals surface area contributed by atoms with Gasteiger partial charge in [-0.2, -0.15) is 0 Å². The largest absolute Gasteiger partial charge is 0.399 e. The molecule has 4 heteroatoms. The Labute approximate surface area is 102 Å². The van der Waals surface area contributed by atoms with Gasteiger partial charge in [-0.25, -0.2) is 0 Å². The maximum Gasteiger partial charge on any atom is 0.222 e. The highest BCUT2D eigenvalue weighted by Crippen LogP contribution is 2.19. The molecule has 1 aromatic rings. The molecule has 0 radical (unpaired) electrons. The molecule has 2 N–H and O–H groups in total. The van der Waals surface area contributed by atoms with Crippen LogP contribution in [0.25, 0.3) is 0 Å². The monoisotopic (exact) mass is 233 g/mol. The summed E-state index contributed by atoms with van der Waals surface area (Å²) in [5.41, 5.74) is 7.28. The van der Waals surface area contributed by atoms with Crippen molar-refractivity contribution in [3.63, 3.8) is 0 Å². The van der Waals surface area contributed by atoms with Crippen LogP contribution in [-0.4, -0.2) is 22.3 Å². The van der Waals surface area contributed by atoms with Crippen LogP contribution >= 0.6 is 0 Å². The Hall–Kier alpha value is -1.58. The normalized spacial score (nSPS) is 21.4. The second-order valence-electron chi connectivity index (χ2n) is 4.83. The zero-order valence-electron chi connectivity index (χ0n) is 10.2. The lowest BCUT2D eigenvalue weighted by Crippen LogP contribution is -2.30. The molecule has 0 aromatic carbocycles. The van der Waals surface area contributed by atoms with Gasteiger partial charge in [0.2, 0.25) is 5.91 Å².